The van der Waals surface area contributed by atoms with Crippen molar-refractivity contribution in [2.24, 2.45) is 30.7 Å². The van der Waals surface area contributed by atoms with Gasteiger partial charge in [0.2, 0.25) is 0 Å². The zero-order chi connectivity index (χ0) is 46.8. The van der Waals surface area contributed by atoms with Crippen molar-refractivity contribution in [1.82, 2.24) is 0 Å². The van der Waals surface area contributed by atoms with Gasteiger partial charge < -0.3 is 25.6 Å². The van der Waals surface area contributed by atoms with Gasteiger partial charge in [0.25, 0.3) is 36.3 Å². The van der Waals surface area contributed by atoms with Crippen LogP contribution in [0, 0.1) is 0 Å². The van der Waals surface area contributed by atoms with Crippen molar-refractivity contribution in [3.8, 4) is 17.2 Å². The number of hydrogen-bond acceptors (Lipinski definition) is 17. The number of carbonyl (C=O) groups is 1. The number of azo groups is 3. The van der Waals surface area contributed by atoms with Crippen molar-refractivity contribution < 1.29 is 58.3 Å². The van der Waals surface area contributed by atoms with Crippen molar-refractivity contribution in [3.05, 3.63) is 121 Å². The molecule has 0 spiro atoms. The average Bonchev–Trinajstić information content (AvgIpc) is 3.26. The molecule has 27 heteroatoms. The van der Waals surface area contributed by atoms with Crippen LogP contribution in [-0.4, -0.2) is 153 Å². The first-order chi connectivity index (χ1) is 30.7. The molecule has 0 aliphatic rings. The largest absolute Gasteiger partial charge is 0.506 e. The first kappa shape index (κ1) is 55.9. The Morgan fingerprint density at radius 2 is 1.09 bits per heavy atom. The van der Waals surface area contributed by atoms with E-state index < -0.39 is 56.7 Å². The number of hydrogen-bond donors (Lipinski definition) is 6. The second-order valence-electron chi connectivity index (χ2n) is 13.6. The van der Waals surface area contributed by atoms with E-state index in [-0.39, 0.29) is 162 Å². The standard InChI is InChI=1S/C41H32N8O13S3.3Na/c1-61-37-20-35(48-49-40-29-12-10-24(43-41(51)22-6-8-23(42)9-7-22)17-31(29)39(21-36(40)50)65(58,59)60)38(62-2)19-34(37)47-46-33-15-14-32(28-13-11-27(18-30(28)33)64(55,56)57)45-44-25-4-3-5-26(16-25)63(52,53)54;;;/h3-21,50H,42H2,1-2H3,(H,43,51)(H,52,53,54)(H,55,56,57)(H,58,59,60);;;. The van der Waals surface area contributed by atoms with Gasteiger partial charge in [0.05, 0.1) is 41.1 Å². The first-order valence-corrected chi connectivity index (χ1v) is 22.6. The number of ether oxygens (including phenoxy) is 2. The van der Waals surface area contributed by atoms with Crippen molar-refractivity contribution in [2.45, 2.75) is 14.7 Å². The zero-order valence-electron chi connectivity index (χ0n) is 36.4. The average molecular weight is 1010 g/mol. The van der Waals surface area contributed by atoms with Crippen molar-refractivity contribution in [2.75, 3.05) is 25.3 Å². The van der Waals surface area contributed by atoms with E-state index in [1.165, 1.54) is 105 Å². The second-order valence-corrected chi connectivity index (χ2v) is 17.8. The maximum atomic E-state index is 12.9. The Hall–Kier alpha value is -4.74. The second kappa shape index (κ2) is 22.8. The van der Waals surface area contributed by atoms with E-state index in [0.717, 1.165) is 24.3 Å². The van der Waals surface area contributed by atoms with Gasteiger partial charge in [-0.2, -0.15) is 30.4 Å². The molecule has 1 amide bonds. The Balaban J connectivity index is 0.00000336. The molecule has 3 radical (unpaired) electrons. The molecule has 7 rings (SSSR count). The van der Waals surface area contributed by atoms with Gasteiger partial charge in [0, 0.05) is 145 Å². The van der Waals surface area contributed by atoms with Crippen LogP contribution in [0.3, 0.4) is 0 Å². The summed E-state index contributed by atoms with van der Waals surface area (Å²) in [5.74, 6) is -1.09. The van der Waals surface area contributed by atoms with Crippen LogP contribution in [0.25, 0.3) is 21.5 Å². The maximum Gasteiger partial charge on any atom is 0.295 e. The third-order valence-corrected chi connectivity index (χ3v) is 12.0. The summed E-state index contributed by atoms with van der Waals surface area (Å²) in [5, 5.41) is 39.2. The number of phenolic OH excluding ortho intramolecular Hbond substituents is 1. The smallest absolute Gasteiger partial charge is 0.295 e. The number of amides is 1. The van der Waals surface area contributed by atoms with Gasteiger partial charge in [-0.05, 0) is 84.9 Å². The topological polar surface area (TPSA) is 331 Å². The van der Waals surface area contributed by atoms with E-state index >= 15 is 0 Å². The minimum atomic E-state index is -4.92. The van der Waals surface area contributed by atoms with Crippen molar-refractivity contribution in [3.63, 3.8) is 0 Å². The number of aromatic hydroxyl groups is 1. The molecule has 0 aromatic heterocycles. The number of benzene rings is 7. The molecule has 21 nitrogen and oxygen atoms in total. The fourth-order valence-electron chi connectivity index (χ4n) is 6.28. The molecular weight excluding hydrogens is 978 g/mol. The number of nitrogen functional groups attached to an aromatic ring is 1. The Morgan fingerprint density at radius 3 is 1.68 bits per heavy atom. The van der Waals surface area contributed by atoms with Gasteiger partial charge >= 0.3 is 0 Å². The van der Waals surface area contributed by atoms with E-state index in [1.807, 2.05) is 0 Å². The zero-order valence-corrected chi connectivity index (χ0v) is 44.9. The molecule has 0 heterocycles. The minimum absolute atomic E-state index is 0. The summed E-state index contributed by atoms with van der Waals surface area (Å²) < 4.78 is 113. The fourth-order valence-corrected chi connectivity index (χ4v) is 8.01. The Morgan fingerprint density at radius 1 is 0.544 bits per heavy atom. The molecule has 335 valence electrons. The number of nitrogens with zero attached hydrogens (tertiary/aromatic N) is 6. The van der Waals surface area contributed by atoms with E-state index in [1.54, 1.807) is 0 Å². The monoisotopic (exact) mass is 1010 g/mol. The number of fused-ring (bicyclic) bond motifs is 2. The van der Waals surface area contributed by atoms with Gasteiger partial charge in [-0.15, -0.1) is 25.6 Å². The van der Waals surface area contributed by atoms with Crippen LogP contribution in [0.5, 0.6) is 17.2 Å². The van der Waals surface area contributed by atoms with Crippen LogP contribution in [0.4, 0.5) is 45.5 Å². The van der Waals surface area contributed by atoms with Crippen LogP contribution in [0.2, 0.25) is 0 Å². The summed E-state index contributed by atoms with van der Waals surface area (Å²) >= 11 is 0. The number of methoxy groups -OCH3 is 2. The molecule has 7 N–H and O–H groups in total. The molecule has 0 saturated carbocycles. The van der Waals surface area contributed by atoms with Gasteiger partial charge in [-0.3, -0.25) is 18.5 Å². The summed E-state index contributed by atoms with van der Waals surface area (Å²) in [6.07, 6.45) is 0. The van der Waals surface area contributed by atoms with Crippen LogP contribution in [0.1, 0.15) is 10.4 Å². The Kier molecular flexibility index (Phi) is 18.7. The van der Waals surface area contributed by atoms with Crippen molar-refractivity contribution in [1.29, 1.82) is 0 Å². The van der Waals surface area contributed by atoms with E-state index in [0.29, 0.717) is 11.1 Å². The SMILES string of the molecule is COc1cc(N=Nc2c(O)cc(S(=O)(=O)O)c3cc(NC(=O)c4ccc(N)cc4)ccc23)c(OC)cc1N=Nc1ccc(N=Nc2cccc(S(=O)(=O)O)c2)c2ccc(S(=O)(=O)O)cc12.[Na].[Na].[Na]. The van der Waals surface area contributed by atoms with E-state index in [2.05, 4.69) is 36.0 Å². The number of phenols is 1. The summed E-state index contributed by atoms with van der Waals surface area (Å²) in [6, 6.07) is 25.2. The first-order valence-electron chi connectivity index (χ1n) is 18.3. The van der Waals surface area contributed by atoms with Gasteiger partial charge in [-0.1, -0.05) is 12.1 Å². The molecule has 0 saturated heterocycles. The summed E-state index contributed by atoms with van der Waals surface area (Å²) in [5.41, 5.74) is 6.77. The van der Waals surface area contributed by atoms with Gasteiger partial charge in [0.15, 0.2) is 0 Å². The molecule has 0 aliphatic carbocycles. The molecule has 0 fully saturated rings. The molecule has 0 aliphatic heterocycles. The third kappa shape index (κ3) is 12.9. The number of nitrogens with two attached hydrogens (primary N) is 1. The van der Waals surface area contributed by atoms with Crippen LogP contribution < -0.4 is 20.5 Å². The molecule has 68 heavy (non-hydrogen) atoms. The predicted octanol–water partition coefficient (Wildman–Crippen LogP) is 8.39. The number of nitrogens with one attached hydrogen (secondary N) is 1. The molecule has 0 unspecified atom stereocenters. The summed E-state index contributed by atoms with van der Waals surface area (Å²) in [6.45, 7) is 0. The Bertz CT molecular complexity index is 3530. The van der Waals surface area contributed by atoms with E-state index in [9.17, 15) is 48.8 Å². The minimum Gasteiger partial charge on any atom is -0.506 e. The van der Waals surface area contributed by atoms with Crippen LogP contribution >= 0.6 is 0 Å². The molecule has 0 atom stereocenters. The number of carbonyl (C=O) groups excluding carboxylic acids is 1. The molecular formula is C41H32N8Na3O13S3. The maximum absolute atomic E-state index is 12.9. The predicted molar refractivity (Wildman–Crippen MR) is 254 cm³/mol. The summed E-state index contributed by atoms with van der Waals surface area (Å²) in [7, 11) is -11.5. The Labute approximate surface area is 454 Å². The van der Waals surface area contributed by atoms with Crippen molar-refractivity contribution >= 4 is 192 Å². The van der Waals surface area contributed by atoms with Crippen LogP contribution in [0.15, 0.2) is 161 Å². The third-order valence-electron chi connectivity index (χ3n) is 9.39. The van der Waals surface area contributed by atoms with Gasteiger partial charge in [0.1, 0.15) is 39.2 Å². The fraction of sp³-hybridized carbons (Fsp3) is 0.0488. The molecule has 7 aromatic rings. The van der Waals surface area contributed by atoms with E-state index in [4.69, 9.17) is 15.2 Å². The molecule has 7 aromatic carbocycles. The number of anilines is 2. The quantitative estimate of drug-likeness (QED) is 0.0273. The van der Waals surface area contributed by atoms with Gasteiger partial charge in [-0.25, -0.2) is 0 Å². The van der Waals surface area contributed by atoms with Crippen LogP contribution in [-0.2, 0) is 30.4 Å². The molecule has 0 bridgehead atoms. The summed E-state index contributed by atoms with van der Waals surface area (Å²) in [4.78, 5) is 11.3. The number of rotatable bonds is 13. The normalized spacial score (nSPS) is 11.9.